The third kappa shape index (κ3) is 3.31. The van der Waals surface area contributed by atoms with E-state index in [1.54, 1.807) is 0 Å². The van der Waals surface area contributed by atoms with Gasteiger partial charge in [0, 0.05) is 16.9 Å². The van der Waals surface area contributed by atoms with Crippen LogP contribution in [0.2, 0.25) is 0 Å². The van der Waals surface area contributed by atoms with Gasteiger partial charge in [0.1, 0.15) is 5.82 Å². The van der Waals surface area contributed by atoms with Crippen molar-refractivity contribution >= 4 is 0 Å². The van der Waals surface area contributed by atoms with Crippen LogP contribution < -0.4 is 0 Å². The summed E-state index contributed by atoms with van der Waals surface area (Å²) >= 11 is 0. The van der Waals surface area contributed by atoms with Crippen LogP contribution in [0.3, 0.4) is 0 Å². The minimum atomic E-state index is -0.216. The molecule has 0 radical (unpaired) electrons. The van der Waals surface area contributed by atoms with Crippen molar-refractivity contribution in [1.82, 2.24) is 4.57 Å². The Balaban J connectivity index is 2.06. The molecule has 0 aliphatic carbocycles. The quantitative estimate of drug-likeness (QED) is 0.369. The third-order valence-corrected chi connectivity index (χ3v) is 4.84. The number of hydrogen-bond donors (Lipinski definition) is 0. The Morgan fingerprint density at radius 1 is 0.704 bits per heavy atom. The molecule has 0 amide bonds. The number of nitrogens with zero attached hydrogens (tertiary/aromatic N) is 1. The molecular weight excluding hydrogens is 333 g/mol. The summed E-state index contributed by atoms with van der Waals surface area (Å²) in [4.78, 5) is 0. The summed E-state index contributed by atoms with van der Waals surface area (Å²) in [5, 5.41) is 0. The molecule has 27 heavy (non-hydrogen) atoms. The Kier molecular flexibility index (Phi) is 4.64. The van der Waals surface area contributed by atoms with Gasteiger partial charge in [-0.05, 0) is 47.4 Å². The summed E-state index contributed by atoms with van der Waals surface area (Å²) in [5.74, 6) is 0.133. The van der Waals surface area contributed by atoms with Crippen molar-refractivity contribution in [2.75, 3.05) is 0 Å². The van der Waals surface area contributed by atoms with Crippen LogP contribution in [0.4, 0.5) is 4.39 Å². The zero-order chi connectivity index (χ0) is 18.8. The highest BCUT2D eigenvalue weighted by molar-refractivity contribution is 5.84. The van der Waals surface area contributed by atoms with Crippen LogP contribution in [0.25, 0.3) is 28.1 Å². The Morgan fingerprint density at radius 2 is 1.30 bits per heavy atom. The van der Waals surface area contributed by atoms with Gasteiger partial charge in [-0.2, -0.15) is 0 Å². The first-order chi connectivity index (χ1) is 13.1. The fourth-order valence-electron chi connectivity index (χ4n) is 3.54. The lowest BCUT2D eigenvalue weighted by atomic mass is 10.0. The standard InChI is InChI=1S/C25H22FN/c1-18(2)24-17-23(19-13-15-21(26)16-14-19)25(20-9-5-3-6-10-20)27(24)22-11-7-4-8-12-22/h3-18H,1-2H3. The van der Waals surface area contributed by atoms with E-state index in [0.717, 1.165) is 28.1 Å². The van der Waals surface area contributed by atoms with Crippen LogP contribution in [0.5, 0.6) is 0 Å². The van der Waals surface area contributed by atoms with Gasteiger partial charge in [-0.25, -0.2) is 4.39 Å². The van der Waals surface area contributed by atoms with Gasteiger partial charge in [-0.3, -0.25) is 0 Å². The van der Waals surface area contributed by atoms with E-state index in [0.29, 0.717) is 5.92 Å². The predicted molar refractivity (Wildman–Crippen MR) is 111 cm³/mol. The summed E-state index contributed by atoms with van der Waals surface area (Å²) in [6.07, 6.45) is 0. The Morgan fingerprint density at radius 3 is 1.89 bits per heavy atom. The number of halogens is 1. The van der Waals surface area contributed by atoms with Crippen LogP contribution >= 0.6 is 0 Å². The summed E-state index contributed by atoms with van der Waals surface area (Å²) < 4.78 is 15.8. The largest absolute Gasteiger partial charge is 0.313 e. The zero-order valence-electron chi connectivity index (χ0n) is 15.6. The number of rotatable bonds is 4. The lowest BCUT2D eigenvalue weighted by molar-refractivity contribution is 0.628. The monoisotopic (exact) mass is 355 g/mol. The first-order valence-corrected chi connectivity index (χ1v) is 9.27. The molecule has 0 spiro atoms. The molecule has 2 heteroatoms. The second kappa shape index (κ2) is 7.24. The molecule has 0 aliphatic heterocycles. The van der Waals surface area contributed by atoms with Gasteiger partial charge in [0.25, 0.3) is 0 Å². The van der Waals surface area contributed by atoms with Crippen LogP contribution in [-0.4, -0.2) is 4.57 Å². The van der Waals surface area contributed by atoms with Gasteiger partial charge in [0.2, 0.25) is 0 Å². The molecule has 0 aliphatic rings. The summed E-state index contributed by atoms with van der Waals surface area (Å²) in [5.41, 5.74) is 6.79. The van der Waals surface area contributed by atoms with Gasteiger partial charge < -0.3 is 4.57 Å². The Hall–Kier alpha value is -3.13. The zero-order valence-corrected chi connectivity index (χ0v) is 15.6. The van der Waals surface area contributed by atoms with Crippen molar-refractivity contribution in [1.29, 1.82) is 0 Å². The normalized spacial score (nSPS) is 11.1. The summed E-state index contributed by atoms with van der Waals surface area (Å²) in [6, 6.07) is 29.8. The van der Waals surface area contributed by atoms with E-state index in [9.17, 15) is 4.39 Å². The molecule has 1 aromatic heterocycles. The van der Waals surface area contributed by atoms with E-state index in [2.05, 4.69) is 73.0 Å². The van der Waals surface area contributed by atoms with E-state index in [1.165, 1.54) is 17.8 Å². The first-order valence-electron chi connectivity index (χ1n) is 9.27. The molecule has 3 aromatic carbocycles. The SMILES string of the molecule is CC(C)c1cc(-c2ccc(F)cc2)c(-c2ccccc2)n1-c1ccccc1. The number of aromatic nitrogens is 1. The molecular formula is C25H22FN. The molecule has 1 nitrogen and oxygen atoms in total. The van der Waals surface area contributed by atoms with Crippen molar-refractivity contribution in [3.8, 4) is 28.1 Å². The van der Waals surface area contributed by atoms with Crippen molar-refractivity contribution in [3.63, 3.8) is 0 Å². The molecule has 4 rings (SSSR count). The molecule has 0 fully saturated rings. The summed E-state index contributed by atoms with van der Waals surface area (Å²) in [7, 11) is 0. The molecule has 0 atom stereocenters. The first kappa shape index (κ1) is 17.3. The van der Waals surface area contributed by atoms with Crippen molar-refractivity contribution in [2.45, 2.75) is 19.8 Å². The average Bonchev–Trinajstić information content (AvgIpc) is 3.11. The maximum absolute atomic E-state index is 13.5. The number of para-hydroxylation sites is 1. The molecule has 0 saturated carbocycles. The Labute approximate surface area is 159 Å². The van der Waals surface area contributed by atoms with Gasteiger partial charge >= 0.3 is 0 Å². The minimum absolute atomic E-state index is 0.216. The van der Waals surface area contributed by atoms with Gasteiger partial charge in [-0.15, -0.1) is 0 Å². The van der Waals surface area contributed by atoms with Crippen molar-refractivity contribution < 1.29 is 4.39 Å². The highest BCUT2D eigenvalue weighted by Gasteiger charge is 2.20. The van der Waals surface area contributed by atoms with Crippen LogP contribution in [0.1, 0.15) is 25.5 Å². The Bertz CT molecular complexity index is 1030. The number of benzene rings is 3. The van der Waals surface area contributed by atoms with Gasteiger partial charge in [-0.1, -0.05) is 74.5 Å². The smallest absolute Gasteiger partial charge is 0.123 e. The van der Waals surface area contributed by atoms with E-state index in [1.807, 2.05) is 24.3 Å². The lowest BCUT2D eigenvalue weighted by Crippen LogP contribution is -2.03. The van der Waals surface area contributed by atoms with Gasteiger partial charge in [0.05, 0.1) is 5.69 Å². The molecule has 0 N–H and O–H groups in total. The second-order valence-electron chi connectivity index (χ2n) is 7.03. The molecule has 134 valence electrons. The highest BCUT2D eigenvalue weighted by atomic mass is 19.1. The van der Waals surface area contributed by atoms with Crippen LogP contribution in [-0.2, 0) is 0 Å². The molecule has 0 bridgehead atoms. The van der Waals surface area contributed by atoms with E-state index in [-0.39, 0.29) is 5.82 Å². The fourth-order valence-corrected chi connectivity index (χ4v) is 3.54. The van der Waals surface area contributed by atoms with Crippen molar-refractivity contribution in [3.05, 3.63) is 103 Å². The molecule has 0 saturated heterocycles. The lowest BCUT2D eigenvalue weighted by Gasteiger charge is -2.17. The highest BCUT2D eigenvalue weighted by Crippen LogP contribution is 2.39. The van der Waals surface area contributed by atoms with E-state index in [4.69, 9.17) is 0 Å². The summed E-state index contributed by atoms with van der Waals surface area (Å²) in [6.45, 7) is 4.41. The molecule has 4 aromatic rings. The van der Waals surface area contributed by atoms with Crippen LogP contribution in [0.15, 0.2) is 91.0 Å². The predicted octanol–water partition coefficient (Wildman–Crippen LogP) is 7.07. The molecule has 1 heterocycles. The fraction of sp³-hybridized carbons (Fsp3) is 0.120. The maximum Gasteiger partial charge on any atom is 0.123 e. The topological polar surface area (TPSA) is 4.93 Å². The maximum atomic E-state index is 13.5. The van der Waals surface area contributed by atoms with E-state index < -0.39 is 0 Å². The van der Waals surface area contributed by atoms with E-state index >= 15 is 0 Å². The number of hydrogen-bond acceptors (Lipinski definition) is 0. The van der Waals surface area contributed by atoms with Crippen molar-refractivity contribution in [2.24, 2.45) is 0 Å². The minimum Gasteiger partial charge on any atom is -0.313 e. The average molecular weight is 355 g/mol. The van der Waals surface area contributed by atoms with Crippen LogP contribution in [0, 0.1) is 5.82 Å². The van der Waals surface area contributed by atoms with Gasteiger partial charge in [0.15, 0.2) is 0 Å². The molecule has 0 unspecified atom stereocenters. The third-order valence-electron chi connectivity index (χ3n) is 4.84. The second-order valence-corrected chi connectivity index (χ2v) is 7.03.